The highest BCUT2D eigenvalue weighted by Gasteiger charge is 2.23. The Morgan fingerprint density at radius 1 is 1.53 bits per heavy atom. The lowest BCUT2D eigenvalue weighted by atomic mass is 10.1. The molecule has 1 fully saturated rings. The van der Waals surface area contributed by atoms with Gasteiger partial charge in [-0.05, 0) is 18.1 Å². The predicted molar refractivity (Wildman–Crippen MR) is 66.5 cm³/mol. The molecule has 1 atom stereocenters. The lowest BCUT2D eigenvalue weighted by Crippen LogP contribution is -2.43. The summed E-state index contributed by atoms with van der Waals surface area (Å²) in [6, 6.07) is 5.08. The number of benzene rings is 1. The SMILES string of the molecule is CCC1CN(c2c(F)cccc2CN)CCO1. The van der Waals surface area contributed by atoms with E-state index < -0.39 is 0 Å². The maximum Gasteiger partial charge on any atom is 0.146 e. The Morgan fingerprint density at radius 2 is 2.35 bits per heavy atom. The molecular formula is C13H19FN2O. The van der Waals surface area contributed by atoms with Gasteiger partial charge in [-0.1, -0.05) is 19.1 Å². The van der Waals surface area contributed by atoms with Gasteiger partial charge in [-0.15, -0.1) is 0 Å². The van der Waals surface area contributed by atoms with Crippen molar-refractivity contribution < 1.29 is 9.13 Å². The number of halogens is 1. The van der Waals surface area contributed by atoms with Crippen LogP contribution in [0.2, 0.25) is 0 Å². The largest absolute Gasteiger partial charge is 0.375 e. The van der Waals surface area contributed by atoms with E-state index in [4.69, 9.17) is 10.5 Å². The van der Waals surface area contributed by atoms with Crippen molar-refractivity contribution >= 4 is 5.69 Å². The third kappa shape index (κ3) is 2.58. The molecule has 0 amide bonds. The molecule has 1 heterocycles. The first kappa shape index (κ1) is 12.3. The van der Waals surface area contributed by atoms with E-state index in [1.807, 2.05) is 6.07 Å². The maximum atomic E-state index is 13.9. The molecule has 0 radical (unpaired) electrons. The lowest BCUT2D eigenvalue weighted by Gasteiger charge is -2.35. The van der Waals surface area contributed by atoms with Gasteiger partial charge < -0.3 is 15.4 Å². The third-order valence-corrected chi connectivity index (χ3v) is 3.20. The van der Waals surface area contributed by atoms with Crippen LogP contribution < -0.4 is 10.6 Å². The standard InChI is InChI=1S/C13H19FN2O/c1-2-11-9-16(6-7-17-11)13-10(8-15)4-3-5-12(13)14/h3-5,11H,2,6-9,15H2,1H3. The number of anilines is 1. The van der Waals surface area contributed by atoms with Crippen LogP contribution in [0.3, 0.4) is 0 Å². The Labute approximate surface area is 101 Å². The zero-order valence-corrected chi connectivity index (χ0v) is 10.2. The van der Waals surface area contributed by atoms with Crippen LogP contribution in [0.15, 0.2) is 18.2 Å². The Kier molecular flexibility index (Phi) is 3.97. The van der Waals surface area contributed by atoms with Gasteiger partial charge in [-0.2, -0.15) is 0 Å². The summed E-state index contributed by atoms with van der Waals surface area (Å²) in [6.07, 6.45) is 1.14. The number of hydrogen-bond donors (Lipinski definition) is 1. The second-order valence-corrected chi connectivity index (χ2v) is 4.30. The smallest absolute Gasteiger partial charge is 0.146 e. The van der Waals surface area contributed by atoms with Crippen molar-refractivity contribution in [1.82, 2.24) is 0 Å². The summed E-state index contributed by atoms with van der Waals surface area (Å²) in [4.78, 5) is 2.05. The molecule has 94 valence electrons. The zero-order valence-electron chi connectivity index (χ0n) is 10.2. The van der Waals surface area contributed by atoms with E-state index in [-0.39, 0.29) is 11.9 Å². The van der Waals surface area contributed by atoms with E-state index in [0.717, 1.165) is 25.1 Å². The number of rotatable bonds is 3. The normalized spacial score (nSPS) is 20.6. The molecule has 1 aromatic carbocycles. The highest BCUT2D eigenvalue weighted by molar-refractivity contribution is 5.55. The van der Waals surface area contributed by atoms with Crippen LogP contribution in [-0.4, -0.2) is 25.8 Å². The van der Waals surface area contributed by atoms with E-state index in [2.05, 4.69) is 11.8 Å². The van der Waals surface area contributed by atoms with Crippen molar-refractivity contribution in [3.05, 3.63) is 29.6 Å². The minimum absolute atomic E-state index is 0.189. The molecule has 1 aromatic rings. The van der Waals surface area contributed by atoms with E-state index in [1.54, 1.807) is 6.07 Å². The first-order chi connectivity index (χ1) is 8.26. The minimum atomic E-state index is -0.190. The van der Waals surface area contributed by atoms with Crippen molar-refractivity contribution in [3.63, 3.8) is 0 Å². The monoisotopic (exact) mass is 238 g/mol. The third-order valence-electron chi connectivity index (χ3n) is 3.20. The van der Waals surface area contributed by atoms with Gasteiger partial charge in [0.05, 0.1) is 18.4 Å². The fourth-order valence-corrected chi connectivity index (χ4v) is 2.25. The number of para-hydroxylation sites is 1. The quantitative estimate of drug-likeness (QED) is 0.874. The molecule has 1 unspecified atom stereocenters. The highest BCUT2D eigenvalue weighted by atomic mass is 19.1. The molecule has 0 aromatic heterocycles. The van der Waals surface area contributed by atoms with Crippen molar-refractivity contribution in [1.29, 1.82) is 0 Å². The fourth-order valence-electron chi connectivity index (χ4n) is 2.25. The van der Waals surface area contributed by atoms with Crippen LogP contribution in [0.25, 0.3) is 0 Å². The van der Waals surface area contributed by atoms with Crippen LogP contribution in [0.4, 0.5) is 10.1 Å². The van der Waals surface area contributed by atoms with Gasteiger partial charge >= 0.3 is 0 Å². The first-order valence-corrected chi connectivity index (χ1v) is 6.10. The molecule has 3 nitrogen and oxygen atoms in total. The number of ether oxygens (including phenoxy) is 1. The van der Waals surface area contributed by atoms with Gasteiger partial charge in [0.1, 0.15) is 5.82 Å². The van der Waals surface area contributed by atoms with E-state index in [0.29, 0.717) is 18.8 Å². The molecule has 0 aliphatic carbocycles. The summed E-state index contributed by atoms with van der Waals surface area (Å²) in [5.74, 6) is -0.190. The van der Waals surface area contributed by atoms with Crippen LogP contribution in [0.1, 0.15) is 18.9 Å². The van der Waals surface area contributed by atoms with Gasteiger partial charge in [0.25, 0.3) is 0 Å². The van der Waals surface area contributed by atoms with Crippen LogP contribution in [-0.2, 0) is 11.3 Å². The number of hydrogen-bond acceptors (Lipinski definition) is 3. The van der Waals surface area contributed by atoms with Gasteiger partial charge in [-0.25, -0.2) is 4.39 Å². The Balaban J connectivity index is 2.26. The molecule has 1 aliphatic rings. The number of morpholine rings is 1. The van der Waals surface area contributed by atoms with Crippen molar-refractivity contribution in [2.75, 3.05) is 24.6 Å². The van der Waals surface area contributed by atoms with Crippen molar-refractivity contribution in [3.8, 4) is 0 Å². The van der Waals surface area contributed by atoms with E-state index in [9.17, 15) is 4.39 Å². The second-order valence-electron chi connectivity index (χ2n) is 4.30. The summed E-state index contributed by atoms with van der Waals surface area (Å²) in [6.45, 7) is 4.56. The maximum absolute atomic E-state index is 13.9. The van der Waals surface area contributed by atoms with Gasteiger partial charge in [0, 0.05) is 19.6 Å². The summed E-state index contributed by atoms with van der Waals surface area (Å²) in [5, 5.41) is 0. The number of nitrogens with two attached hydrogens (primary N) is 1. The molecule has 1 aliphatic heterocycles. The minimum Gasteiger partial charge on any atom is -0.375 e. The summed E-state index contributed by atoms with van der Waals surface area (Å²) >= 11 is 0. The molecule has 1 saturated heterocycles. The zero-order chi connectivity index (χ0) is 12.3. The summed E-state index contributed by atoms with van der Waals surface area (Å²) < 4.78 is 19.5. The van der Waals surface area contributed by atoms with Gasteiger partial charge in [0.15, 0.2) is 0 Å². The topological polar surface area (TPSA) is 38.5 Å². The predicted octanol–water partition coefficient (Wildman–Crippen LogP) is 1.90. The molecule has 4 heteroatoms. The second kappa shape index (κ2) is 5.47. The van der Waals surface area contributed by atoms with Crippen molar-refractivity contribution in [2.45, 2.75) is 26.0 Å². The Hall–Kier alpha value is -1.13. The fraction of sp³-hybridized carbons (Fsp3) is 0.538. The first-order valence-electron chi connectivity index (χ1n) is 6.10. The molecule has 2 rings (SSSR count). The number of nitrogens with zero attached hydrogens (tertiary/aromatic N) is 1. The highest BCUT2D eigenvalue weighted by Crippen LogP contribution is 2.26. The molecule has 2 N–H and O–H groups in total. The Morgan fingerprint density at radius 3 is 3.06 bits per heavy atom. The Bertz CT molecular complexity index is 384. The molecule has 0 saturated carbocycles. The van der Waals surface area contributed by atoms with Gasteiger partial charge in [0.2, 0.25) is 0 Å². The molecular weight excluding hydrogens is 219 g/mol. The van der Waals surface area contributed by atoms with Gasteiger partial charge in [-0.3, -0.25) is 0 Å². The lowest BCUT2D eigenvalue weighted by molar-refractivity contribution is 0.0382. The molecule has 0 bridgehead atoms. The van der Waals surface area contributed by atoms with Crippen molar-refractivity contribution in [2.24, 2.45) is 5.73 Å². The van der Waals surface area contributed by atoms with E-state index >= 15 is 0 Å². The van der Waals surface area contributed by atoms with E-state index in [1.165, 1.54) is 6.07 Å². The average Bonchev–Trinajstić information content (AvgIpc) is 2.38. The summed E-state index contributed by atoms with van der Waals surface area (Å²) in [5.41, 5.74) is 7.18. The molecule has 0 spiro atoms. The summed E-state index contributed by atoms with van der Waals surface area (Å²) in [7, 11) is 0. The molecule has 17 heavy (non-hydrogen) atoms. The average molecular weight is 238 g/mol. The van der Waals surface area contributed by atoms with Crippen LogP contribution in [0.5, 0.6) is 0 Å². The van der Waals surface area contributed by atoms with Crippen LogP contribution >= 0.6 is 0 Å². The van der Waals surface area contributed by atoms with Crippen LogP contribution in [0, 0.1) is 5.82 Å².